The minimum atomic E-state index is 0.138. The summed E-state index contributed by atoms with van der Waals surface area (Å²) in [6.07, 6.45) is 5.88. The van der Waals surface area contributed by atoms with Crippen LogP contribution >= 0.6 is 0 Å². The Hall–Kier alpha value is -1.57. The maximum Gasteiger partial charge on any atom is 0.360 e. The Bertz CT molecular complexity index is 551. The maximum absolute atomic E-state index is 9.46. The number of hydrogen-bond acceptors (Lipinski definition) is 1. The molecule has 21 heavy (non-hydrogen) atoms. The topological polar surface area (TPSA) is 31.5 Å². The average molecular weight is 287 g/mol. The van der Waals surface area contributed by atoms with Gasteiger partial charge in [0.1, 0.15) is 0 Å². The van der Waals surface area contributed by atoms with Gasteiger partial charge in [-0.05, 0) is 44.6 Å². The van der Waals surface area contributed by atoms with Crippen LogP contribution in [0.15, 0.2) is 40.5 Å². The second-order valence-corrected chi connectivity index (χ2v) is 6.93. The standard InChI is InChI=1S/C19H26O2/c1-13(2)8-10-19(5)11-9-16(14(3)4)18(19)17-7-6-15(20)12-21-17/h6-7,12,14H,1,8-11H2,2-5H3/p+1/t19-/m0/s1. The van der Waals surface area contributed by atoms with Gasteiger partial charge in [-0.25, -0.2) is 4.42 Å². The minimum absolute atomic E-state index is 0.138. The first-order valence-corrected chi connectivity index (χ1v) is 7.82. The van der Waals surface area contributed by atoms with Crippen molar-refractivity contribution in [1.82, 2.24) is 0 Å². The second kappa shape index (κ2) is 6.05. The second-order valence-electron chi connectivity index (χ2n) is 6.93. The molecular weight excluding hydrogens is 260 g/mol. The van der Waals surface area contributed by atoms with Gasteiger partial charge in [0.2, 0.25) is 5.75 Å². The molecule has 0 bridgehead atoms. The van der Waals surface area contributed by atoms with Crippen molar-refractivity contribution in [2.24, 2.45) is 11.3 Å². The molecule has 0 unspecified atom stereocenters. The Kier molecular flexibility index (Phi) is 4.55. The van der Waals surface area contributed by atoms with Crippen molar-refractivity contribution in [3.8, 4) is 5.75 Å². The summed E-state index contributed by atoms with van der Waals surface area (Å²) in [6.45, 7) is 13.0. The summed E-state index contributed by atoms with van der Waals surface area (Å²) in [5.74, 6) is 1.60. The first kappa shape index (κ1) is 15.8. The Balaban J connectivity index is 2.43. The molecule has 2 nitrogen and oxygen atoms in total. The summed E-state index contributed by atoms with van der Waals surface area (Å²) < 4.78 is 5.69. The lowest BCUT2D eigenvalue weighted by Crippen LogP contribution is -2.15. The highest BCUT2D eigenvalue weighted by Crippen LogP contribution is 2.53. The summed E-state index contributed by atoms with van der Waals surface area (Å²) in [4.78, 5) is 0. The number of rotatable bonds is 5. The summed E-state index contributed by atoms with van der Waals surface area (Å²) in [5, 5.41) is 9.46. The molecule has 0 radical (unpaired) electrons. The number of hydrogen-bond donors (Lipinski definition) is 1. The van der Waals surface area contributed by atoms with Crippen molar-refractivity contribution in [1.29, 1.82) is 0 Å². The van der Waals surface area contributed by atoms with Crippen LogP contribution < -0.4 is 0 Å². The zero-order chi connectivity index (χ0) is 15.6. The fourth-order valence-corrected chi connectivity index (χ4v) is 3.33. The van der Waals surface area contributed by atoms with E-state index in [4.69, 9.17) is 4.42 Å². The molecule has 1 N–H and O–H groups in total. The van der Waals surface area contributed by atoms with Gasteiger partial charge < -0.3 is 5.11 Å². The van der Waals surface area contributed by atoms with Gasteiger partial charge in [0.25, 0.3) is 0 Å². The monoisotopic (exact) mass is 287 g/mol. The highest BCUT2D eigenvalue weighted by Gasteiger charge is 2.42. The predicted octanol–water partition coefficient (Wildman–Crippen LogP) is 5.83. The Morgan fingerprint density at radius 1 is 1.43 bits per heavy atom. The van der Waals surface area contributed by atoms with E-state index in [0.717, 1.165) is 25.0 Å². The number of aromatic hydroxyl groups is 1. The largest absolute Gasteiger partial charge is 0.501 e. The Labute approximate surface area is 128 Å². The first-order valence-electron chi connectivity index (χ1n) is 7.82. The van der Waals surface area contributed by atoms with Gasteiger partial charge in [0.05, 0.1) is 5.57 Å². The SMILES string of the molecule is C=C(C)CC[C@@]1(C)CCC(C(C)C)=C1c1ccc(O)c[o+]1. The third-order valence-electron chi connectivity index (χ3n) is 4.63. The molecule has 114 valence electrons. The molecule has 1 heterocycles. The molecule has 0 aliphatic heterocycles. The highest BCUT2D eigenvalue weighted by atomic mass is 16.3. The summed E-state index contributed by atoms with van der Waals surface area (Å²) in [6, 6.07) is 3.61. The van der Waals surface area contributed by atoms with Gasteiger partial charge in [-0.2, -0.15) is 0 Å². The molecule has 1 aliphatic rings. The van der Waals surface area contributed by atoms with E-state index in [1.165, 1.54) is 29.4 Å². The zero-order valence-corrected chi connectivity index (χ0v) is 13.7. The van der Waals surface area contributed by atoms with Crippen LogP contribution in [0.1, 0.15) is 59.1 Å². The fraction of sp³-hybridized carbons (Fsp3) is 0.526. The molecule has 1 aliphatic carbocycles. The van der Waals surface area contributed by atoms with Gasteiger partial charge in [0, 0.05) is 11.5 Å². The predicted molar refractivity (Wildman–Crippen MR) is 87.9 cm³/mol. The van der Waals surface area contributed by atoms with Crippen molar-refractivity contribution < 1.29 is 9.52 Å². The van der Waals surface area contributed by atoms with Crippen molar-refractivity contribution in [2.75, 3.05) is 0 Å². The molecule has 2 heteroatoms. The van der Waals surface area contributed by atoms with Crippen molar-refractivity contribution >= 4 is 5.57 Å². The quantitative estimate of drug-likeness (QED) is 0.545. The molecule has 0 saturated heterocycles. The van der Waals surface area contributed by atoms with E-state index < -0.39 is 0 Å². The molecule has 0 fully saturated rings. The summed E-state index contributed by atoms with van der Waals surface area (Å²) in [5.41, 5.74) is 4.21. The van der Waals surface area contributed by atoms with Crippen LogP contribution in [0.3, 0.4) is 0 Å². The van der Waals surface area contributed by atoms with Gasteiger partial charge in [0.15, 0.2) is 0 Å². The average Bonchev–Trinajstić information content (AvgIpc) is 2.76. The van der Waals surface area contributed by atoms with E-state index in [1.54, 1.807) is 6.07 Å². The maximum atomic E-state index is 9.46. The normalized spacial score (nSPS) is 22.1. The van der Waals surface area contributed by atoms with Crippen LogP contribution in [0.4, 0.5) is 0 Å². The van der Waals surface area contributed by atoms with Crippen LogP contribution in [0, 0.1) is 11.3 Å². The van der Waals surface area contributed by atoms with E-state index in [2.05, 4.69) is 34.3 Å². The molecule has 0 spiro atoms. The van der Waals surface area contributed by atoms with Crippen LogP contribution in [0.25, 0.3) is 5.57 Å². The van der Waals surface area contributed by atoms with Gasteiger partial charge in [-0.15, -0.1) is 6.58 Å². The van der Waals surface area contributed by atoms with Crippen molar-refractivity contribution in [3.05, 3.63) is 41.9 Å². The van der Waals surface area contributed by atoms with Crippen molar-refractivity contribution in [3.63, 3.8) is 0 Å². The summed E-state index contributed by atoms with van der Waals surface area (Å²) >= 11 is 0. The first-order chi connectivity index (χ1) is 9.83. The smallest absolute Gasteiger partial charge is 0.360 e. The molecule has 0 aromatic carbocycles. The molecule has 0 amide bonds. The van der Waals surface area contributed by atoms with E-state index in [1.807, 2.05) is 6.07 Å². The van der Waals surface area contributed by atoms with E-state index >= 15 is 0 Å². The lowest BCUT2D eigenvalue weighted by atomic mass is 9.76. The van der Waals surface area contributed by atoms with Gasteiger partial charge in [-0.3, -0.25) is 0 Å². The van der Waals surface area contributed by atoms with Crippen molar-refractivity contribution in [2.45, 2.75) is 53.4 Å². The lowest BCUT2D eigenvalue weighted by molar-refractivity contribution is 0.381. The molecule has 2 rings (SSSR count). The highest BCUT2D eigenvalue weighted by molar-refractivity contribution is 5.72. The lowest BCUT2D eigenvalue weighted by Gasteiger charge is -2.25. The molecule has 1 atom stereocenters. The third-order valence-corrected chi connectivity index (χ3v) is 4.63. The zero-order valence-electron chi connectivity index (χ0n) is 13.7. The summed E-state index contributed by atoms with van der Waals surface area (Å²) in [7, 11) is 0. The van der Waals surface area contributed by atoms with Crippen LogP contribution in [0.2, 0.25) is 0 Å². The fourth-order valence-electron chi connectivity index (χ4n) is 3.33. The van der Waals surface area contributed by atoms with Gasteiger partial charge in [-0.1, -0.05) is 31.9 Å². The van der Waals surface area contributed by atoms with E-state index in [-0.39, 0.29) is 11.2 Å². The van der Waals surface area contributed by atoms with E-state index in [9.17, 15) is 5.11 Å². The number of allylic oxidation sites excluding steroid dienone is 3. The van der Waals surface area contributed by atoms with Crippen LogP contribution in [-0.2, 0) is 0 Å². The van der Waals surface area contributed by atoms with Crippen LogP contribution in [-0.4, -0.2) is 5.11 Å². The molecule has 1 aromatic rings. The molecular formula is C19H27O2+. The minimum Gasteiger partial charge on any atom is -0.501 e. The molecule has 1 aromatic heterocycles. The van der Waals surface area contributed by atoms with E-state index in [0.29, 0.717) is 5.92 Å². The Morgan fingerprint density at radius 2 is 2.14 bits per heavy atom. The Morgan fingerprint density at radius 3 is 2.67 bits per heavy atom. The molecule has 0 saturated carbocycles. The van der Waals surface area contributed by atoms with Gasteiger partial charge >= 0.3 is 12.0 Å². The van der Waals surface area contributed by atoms with Crippen LogP contribution in [0.5, 0.6) is 5.75 Å². The third kappa shape index (κ3) is 3.37.